The van der Waals surface area contributed by atoms with Gasteiger partial charge in [-0.2, -0.15) is 9.40 Å². The summed E-state index contributed by atoms with van der Waals surface area (Å²) in [6.45, 7) is 1.86. The van der Waals surface area contributed by atoms with Crippen LogP contribution in [0, 0.1) is 5.92 Å². The van der Waals surface area contributed by atoms with E-state index in [-0.39, 0.29) is 17.7 Å². The Labute approximate surface area is 141 Å². The molecule has 130 valence electrons. The molecule has 0 radical (unpaired) electrons. The number of hydrogen-bond donors (Lipinski definition) is 0. The summed E-state index contributed by atoms with van der Waals surface area (Å²) in [7, 11) is -1.91. The fourth-order valence-electron chi connectivity index (χ4n) is 2.88. The minimum Gasteiger partial charge on any atom is -0.375 e. The monoisotopic (exact) mass is 351 g/mol. The molecule has 1 unspecified atom stereocenters. The molecular formula is C15H21N5O3S. The lowest BCUT2D eigenvalue weighted by Gasteiger charge is -2.23. The van der Waals surface area contributed by atoms with E-state index < -0.39 is 10.0 Å². The average molecular weight is 351 g/mol. The van der Waals surface area contributed by atoms with Crippen LogP contribution in [0.3, 0.4) is 0 Å². The van der Waals surface area contributed by atoms with Crippen LogP contribution in [0.25, 0.3) is 0 Å². The highest BCUT2D eigenvalue weighted by atomic mass is 32.2. The Bertz CT molecular complexity index is 824. The molecule has 1 atom stereocenters. The van der Waals surface area contributed by atoms with Gasteiger partial charge < -0.3 is 9.30 Å². The van der Waals surface area contributed by atoms with Crippen molar-refractivity contribution in [2.45, 2.75) is 37.1 Å². The van der Waals surface area contributed by atoms with Crippen LogP contribution in [0.2, 0.25) is 0 Å². The first-order valence-corrected chi connectivity index (χ1v) is 9.57. The second-order valence-electron chi connectivity index (χ2n) is 6.58. The Hall–Kier alpha value is -1.71. The number of aryl methyl sites for hydroxylation is 1. The van der Waals surface area contributed by atoms with Gasteiger partial charge in [0.2, 0.25) is 0 Å². The molecule has 3 heterocycles. The summed E-state index contributed by atoms with van der Waals surface area (Å²) in [4.78, 5) is 4.02. The van der Waals surface area contributed by atoms with Crippen LogP contribution in [0.15, 0.2) is 29.8 Å². The summed E-state index contributed by atoms with van der Waals surface area (Å²) < 4.78 is 36.8. The lowest BCUT2D eigenvalue weighted by atomic mass is 10.3. The maximum absolute atomic E-state index is 12.9. The molecule has 2 aliphatic rings. The predicted molar refractivity (Wildman–Crippen MR) is 85.5 cm³/mol. The molecule has 4 rings (SSSR count). The van der Waals surface area contributed by atoms with E-state index in [0.29, 0.717) is 25.6 Å². The topological polar surface area (TPSA) is 82.3 Å². The molecule has 1 aliphatic heterocycles. The van der Waals surface area contributed by atoms with E-state index in [0.717, 1.165) is 5.69 Å². The first-order chi connectivity index (χ1) is 11.5. The molecule has 0 N–H and O–H groups in total. The van der Waals surface area contributed by atoms with Gasteiger partial charge in [0.1, 0.15) is 0 Å². The maximum atomic E-state index is 12.9. The van der Waals surface area contributed by atoms with Gasteiger partial charge in [0, 0.05) is 32.6 Å². The van der Waals surface area contributed by atoms with Crippen molar-refractivity contribution >= 4 is 10.0 Å². The highest BCUT2D eigenvalue weighted by Gasteiger charge is 2.34. The normalized spacial score (nSPS) is 22.3. The minimum absolute atomic E-state index is 0.0684. The predicted octanol–water partition coefficient (Wildman–Crippen LogP) is 0.616. The molecule has 1 aliphatic carbocycles. The van der Waals surface area contributed by atoms with Gasteiger partial charge in [0.15, 0.2) is 5.03 Å². The third-order valence-electron chi connectivity index (χ3n) is 4.48. The largest absolute Gasteiger partial charge is 0.375 e. The van der Waals surface area contributed by atoms with Crippen LogP contribution in [-0.2, 0) is 34.9 Å². The van der Waals surface area contributed by atoms with E-state index in [1.54, 1.807) is 17.8 Å². The second-order valence-corrected chi connectivity index (χ2v) is 8.46. The number of hydrogen-bond acceptors (Lipinski definition) is 5. The summed E-state index contributed by atoms with van der Waals surface area (Å²) in [5.74, 6) is 0.631. The third kappa shape index (κ3) is 3.11. The molecule has 0 spiro atoms. The van der Waals surface area contributed by atoms with Crippen molar-refractivity contribution in [3.63, 3.8) is 0 Å². The fraction of sp³-hybridized carbons (Fsp3) is 0.600. The lowest BCUT2D eigenvalue weighted by molar-refractivity contribution is 0.0257. The molecule has 1 fully saturated rings. The van der Waals surface area contributed by atoms with Crippen molar-refractivity contribution in [1.82, 2.24) is 23.6 Å². The van der Waals surface area contributed by atoms with Gasteiger partial charge in [-0.05, 0) is 24.8 Å². The minimum atomic E-state index is -3.66. The SMILES string of the molecule is Cn1cnc(S(=O)(=O)N2Cc3ccnn3CC(OCC3CC3)C2)c1. The average Bonchev–Trinajstić information content (AvgIpc) is 3.17. The molecule has 0 amide bonds. The maximum Gasteiger partial charge on any atom is 0.262 e. The van der Waals surface area contributed by atoms with Crippen LogP contribution >= 0.6 is 0 Å². The quantitative estimate of drug-likeness (QED) is 0.788. The van der Waals surface area contributed by atoms with E-state index in [1.807, 2.05) is 10.7 Å². The number of ether oxygens (including phenoxy) is 1. The van der Waals surface area contributed by atoms with Crippen molar-refractivity contribution in [3.05, 3.63) is 30.5 Å². The molecular weight excluding hydrogens is 330 g/mol. The molecule has 8 nitrogen and oxygen atoms in total. The van der Waals surface area contributed by atoms with Crippen LogP contribution in [0.5, 0.6) is 0 Å². The summed E-state index contributed by atoms with van der Waals surface area (Å²) in [6, 6.07) is 1.85. The van der Waals surface area contributed by atoms with Crippen LogP contribution in [-0.4, -0.2) is 51.3 Å². The Balaban J connectivity index is 1.60. The first kappa shape index (κ1) is 15.8. The van der Waals surface area contributed by atoms with Gasteiger partial charge in [0.05, 0.1) is 31.2 Å². The summed E-state index contributed by atoms with van der Waals surface area (Å²) >= 11 is 0. The van der Waals surface area contributed by atoms with Gasteiger partial charge in [0.25, 0.3) is 10.0 Å². The first-order valence-electron chi connectivity index (χ1n) is 8.13. The number of fused-ring (bicyclic) bond motifs is 1. The lowest BCUT2D eigenvalue weighted by Crippen LogP contribution is -2.37. The van der Waals surface area contributed by atoms with Crippen molar-refractivity contribution in [2.75, 3.05) is 13.2 Å². The van der Waals surface area contributed by atoms with Gasteiger partial charge >= 0.3 is 0 Å². The van der Waals surface area contributed by atoms with Gasteiger partial charge in [-0.25, -0.2) is 13.4 Å². The van der Waals surface area contributed by atoms with Crippen molar-refractivity contribution in [2.24, 2.45) is 13.0 Å². The highest BCUT2D eigenvalue weighted by Crippen LogP contribution is 2.30. The molecule has 1 saturated carbocycles. The van der Waals surface area contributed by atoms with Crippen LogP contribution in [0.4, 0.5) is 0 Å². The van der Waals surface area contributed by atoms with Crippen LogP contribution in [0.1, 0.15) is 18.5 Å². The fourth-order valence-corrected chi connectivity index (χ4v) is 4.29. The number of nitrogens with zero attached hydrogens (tertiary/aromatic N) is 5. The molecule has 0 aromatic carbocycles. The number of rotatable bonds is 5. The molecule has 0 bridgehead atoms. The van der Waals surface area contributed by atoms with Crippen molar-refractivity contribution in [3.8, 4) is 0 Å². The smallest absolute Gasteiger partial charge is 0.262 e. The van der Waals surface area contributed by atoms with Gasteiger partial charge in [-0.3, -0.25) is 4.68 Å². The van der Waals surface area contributed by atoms with Gasteiger partial charge in [-0.15, -0.1) is 0 Å². The van der Waals surface area contributed by atoms with E-state index in [1.165, 1.54) is 29.7 Å². The zero-order valence-corrected chi connectivity index (χ0v) is 14.4. The van der Waals surface area contributed by atoms with E-state index in [9.17, 15) is 8.42 Å². The van der Waals surface area contributed by atoms with Crippen LogP contribution < -0.4 is 0 Å². The number of imidazole rings is 1. The van der Waals surface area contributed by atoms with Gasteiger partial charge in [-0.1, -0.05) is 0 Å². The molecule has 24 heavy (non-hydrogen) atoms. The number of aromatic nitrogens is 4. The zero-order valence-electron chi connectivity index (χ0n) is 13.6. The Morgan fingerprint density at radius 1 is 1.33 bits per heavy atom. The van der Waals surface area contributed by atoms with Crippen molar-refractivity contribution < 1.29 is 13.2 Å². The van der Waals surface area contributed by atoms with E-state index in [4.69, 9.17) is 4.74 Å². The van der Waals surface area contributed by atoms with Crippen molar-refractivity contribution in [1.29, 1.82) is 0 Å². The third-order valence-corrected chi connectivity index (χ3v) is 6.17. The Morgan fingerprint density at radius 3 is 2.88 bits per heavy atom. The summed E-state index contributed by atoms with van der Waals surface area (Å²) in [6.07, 6.45) is 6.92. The van der Waals surface area contributed by atoms with E-state index >= 15 is 0 Å². The van der Waals surface area contributed by atoms with E-state index in [2.05, 4.69) is 10.1 Å². The Morgan fingerprint density at radius 2 is 2.17 bits per heavy atom. The molecule has 2 aromatic heterocycles. The Kier molecular flexibility index (Phi) is 3.93. The highest BCUT2D eigenvalue weighted by molar-refractivity contribution is 7.89. The summed E-state index contributed by atoms with van der Waals surface area (Å²) in [5.41, 5.74) is 0.868. The molecule has 2 aromatic rings. The molecule has 9 heteroatoms. The molecule has 0 saturated heterocycles. The second kappa shape index (κ2) is 5.98. The zero-order chi connectivity index (χ0) is 16.7. The summed E-state index contributed by atoms with van der Waals surface area (Å²) in [5, 5.41) is 4.37. The number of sulfonamides is 1. The standard InChI is InChI=1S/C15H21N5O3S/c1-18-9-15(16-11-18)24(21,22)19-6-13-4-5-17-20(13)8-14(7-19)23-10-12-2-3-12/h4-5,9,11-12,14H,2-3,6-8,10H2,1H3.